The second-order valence-corrected chi connectivity index (χ2v) is 9.32. The van der Waals surface area contributed by atoms with Crippen LogP contribution in [-0.2, 0) is 0 Å². The highest BCUT2D eigenvalue weighted by molar-refractivity contribution is 8.87. The van der Waals surface area contributed by atoms with E-state index in [1.165, 1.54) is 5.39 Å². The molecule has 1 heterocycles. The summed E-state index contributed by atoms with van der Waals surface area (Å²) in [6.45, 7) is 0. The van der Waals surface area contributed by atoms with Gasteiger partial charge in [0.25, 0.3) is 0 Å². The lowest BCUT2D eigenvalue weighted by molar-refractivity contribution is 1.18. The number of para-hydroxylation sites is 1. The van der Waals surface area contributed by atoms with Gasteiger partial charge in [-0.25, -0.2) is 4.98 Å². The van der Waals surface area contributed by atoms with Crippen LogP contribution in [0.2, 0.25) is 0 Å². The largest absolute Gasteiger partial charge is 0.242 e. The lowest BCUT2D eigenvalue weighted by Crippen LogP contribution is -1.91. The van der Waals surface area contributed by atoms with Crippen molar-refractivity contribution in [1.29, 1.82) is 0 Å². The molecule has 0 aliphatic rings. The van der Waals surface area contributed by atoms with Gasteiger partial charge in [0, 0.05) is 5.39 Å². The van der Waals surface area contributed by atoms with Crippen molar-refractivity contribution in [2.45, 2.75) is 5.03 Å². The molecule has 3 heteroatoms. The highest BCUT2D eigenvalue weighted by atomic mass is 33.1. The normalized spacial score (nSPS) is 13.1. The van der Waals surface area contributed by atoms with Crippen LogP contribution in [0.1, 0.15) is 0 Å². The first-order chi connectivity index (χ1) is 6.57. The first-order valence-corrected chi connectivity index (χ1v) is 7.89. The Morgan fingerprint density at radius 2 is 1.79 bits per heavy atom. The third-order valence-corrected chi connectivity index (χ3v) is 3.90. The Balaban J connectivity index is 2.63. The van der Waals surface area contributed by atoms with Gasteiger partial charge in [-0.1, -0.05) is 24.3 Å². The summed E-state index contributed by atoms with van der Waals surface area (Å²) < 4.78 is 0. The maximum atomic E-state index is 4.61. The standard InChI is InChI=1S/C11H13NS2/c1-14(2,13)11-8-7-9-5-3-4-6-10(9)12-11/h3-8,13H,1-2H3. The third-order valence-electron chi connectivity index (χ3n) is 2.08. The lowest BCUT2D eigenvalue weighted by atomic mass is 10.2. The molecule has 0 spiro atoms. The van der Waals surface area contributed by atoms with Crippen LogP contribution < -0.4 is 0 Å². The van der Waals surface area contributed by atoms with Gasteiger partial charge >= 0.3 is 0 Å². The third kappa shape index (κ3) is 1.88. The molecule has 0 aliphatic heterocycles. The molecular formula is C11H13NS2. The number of hydrogen-bond acceptors (Lipinski definition) is 2. The van der Waals surface area contributed by atoms with E-state index in [0.717, 1.165) is 10.5 Å². The zero-order valence-electron chi connectivity index (χ0n) is 8.27. The number of aromatic nitrogens is 1. The maximum Gasteiger partial charge on any atom is 0.0878 e. The number of rotatable bonds is 1. The Morgan fingerprint density at radius 1 is 1.07 bits per heavy atom. The molecule has 0 bridgehead atoms. The van der Waals surface area contributed by atoms with Crippen LogP contribution in [0.25, 0.3) is 10.9 Å². The van der Waals surface area contributed by atoms with Gasteiger partial charge in [0.1, 0.15) is 0 Å². The zero-order valence-corrected chi connectivity index (χ0v) is 9.98. The van der Waals surface area contributed by atoms with E-state index in [9.17, 15) is 0 Å². The SMILES string of the molecule is CS(C)(S)c1ccc2ccccc2n1. The molecule has 14 heavy (non-hydrogen) atoms. The van der Waals surface area contributed by atoms with Gasteiger partial charge in [0.15, 0.2) is 0 Å². The molecule has 0 saturated carbocycles. The Morgan fingerprint density at radius 3 is 2.50 bits per heavy atom. The molecule has 0 unspecified atom stereocenters. The van der Waals surface area contributed by atoms with E-state index >= 15 is 0 Å². The van der Waals surface area contributed by atoms with E-state index in [-0.39, 0.29) is 0 Å². The summed E-state index contributed by atoms with van der Waals surface area (Å²) in [5.74, 6) is 0. The van der Waals surface area contributed by atoms with Crippen molar-refractivity contribution in [1.82, 2.24) is 4.98 Å². The van der Waals surface area contributed by atoms with Crippen LogP contribution in [0.5, 0.6) is 0 Å². The molecule has 74 valence electrons. The minimum atomic E-state index is -1.01. The highest BCUT2D eigenvalue weighted by Crippen LogP contribution is 2.52. The molecule has 0 aliphatic carbocycles. The molecule has 1 aromatic carbocycles. The van der Waals surface area contributed by atoms with Crippen LogP contribution in [0, 0.1) is 0 Å². The van der Waals surface area contributed by atoms with E-state index in [1.54, 1.807) is 0 Å². The van der Waals surface area contributed by atoms with Gasteiger partial charge in [0.05, 0.1) is 10.5 Å². The summed E-state index contributed by atoms with van der Waals surface area (Å²) in [5.41, 5.74) is 1.06. The first-order valence-electron chi connectivity index (χ1n) is 4.39. The van der Waals surface area contributed by atoms with Crippen molar-refractivity contribution in [3.8, 4) is 0 Å². The van der Waals surface area contributed by atoms with Crippen LogP contribution in [0.4, 0.5) is 0 Å². The summed E-state index contributed by atoms with van der Waals surface area (Å²) in [4.78, 5) is 4.61. The van der Waals surface area contributed by atoms with Crippen LogP contribution in [0.3, 0.4) is 0 Å². The summed E-state index contributed by atoms with van der Waals surface area (Å²) in [7, 11) is -1.01. The summed E-state index contributed by atoms with van der Waals surface area (Å²) >= 11 is 4.59. The lowest BCUT2D eigenvalue weighted by Gasteiger charge is -2.22. The molecule has 0 fully saturated rings. The Hall–Kier alpha value is -0.670. The molecule has 2 rings (SSSR count). The minimum absolute atomic E-state index is 1.01. The number of fused-ring (bicyclic) bond motifs is 1. The molecule has 0 atom stereocenters. The van der Waals surface area contributed by atoms with Gasteiger partial charge < -0.3 is 0 Å². The quantitative estimate of drug-likeness (QED) is 0.576. The fourth-order valence-electron chi connectivity index (χ4n) is 1.33. The molecule has 1 aromatic heterocycles. The zero-order chi connectivity index (χ0) is 10.2. The average molecular weight is 223 g/mol. The van der Waals surface area contributed by atoms with Crippen molar-refractivity contribution < 1.29 is 0 Å². The van der Waals surface area contributed by atoms with Crippen LogP contribution in [0.15, 0.2) is 41.4 Å². The smallest absolute Gasteiger partial charge is 0.0878 e. The maximum absolute atomic E-state index is 4.61. The summed E-state index contributed by atoms with van der Waals surface area (Å²) in [5, 5.41) is 2.28. The van der Waals surface area contributed by atoms with E-state index in [4.69, 9.17) is 0 Å². The first kappa shape index (κ1) is 9.87. The summed E-state index contributed by atoms with van der Waals surface area (Å²) in [6.07, 6.45) is 4.26. The Labute approximate surface area is 90.7 Å². The van der Waals surface area contributed by atoms with Gasteiger partial charge in [-0.2, -0.15) is 9.06 Å². The molecule has 0 radical (unpaired) electrons. The number of benzene rings is 1. The molecular weight excluding hydrogens is 210 g/mol. The van der Waals surface area contributed by atoms with Crippen molar-refractivity contribution in [2.75, 3.05) is 12.5 Å². The van der Waals surface area contributed by atoms with Crippen molar-refractivity contribution in [3.63, 3.8) is 0 Å². The molecule has 0 N–H and O–H groups in total. The Kier molecular flexibility index (Phi) is 2.45. The predicted molar refractivity (Wildman–Crippen MR) is 68.4 cm³/mol. The Bertz CT molecular complexity index is 460. The number of pyridine rings is 1. The van der Waals surface area contributed by atoms with Crippen molar-refractivity contribution in [2.24, 2.45) is 0 Å². The highest BCUT2D eigenvalue weighted by Gasteiger charge is 2.10. The summed E-state index contributed by atoms with van der Waals surface area (Å²) in [6, 6.07) is 12.3. The number of nitrogens with zero attached hydrogens (tertiary/aromatic N) is 1. The van der Waals surface area contributed by atoms with E-state index in [2.05, 4.69) is 47.4 Å². The van der Waals surface area contributed by atoms with Gasteiger partial charge in [-0.15, -0.1) is 11.7 Å². The number of thiol groups is 1. The van der Waals surface area contributed by atoms with Gasteiger partial charge in [0.2, 0.25) is 0 Å². The second kappa shape index (κ2) is 3.48. The van der Waals surface area contributed by atoms with Crippen molar-refractivity contribution in [3.05, 3.63) is 36.4 Å². The molecule has 0 amide bonds. The van der Waals surface area contributed by atoms with Crippen LogP contribution >= 0.6 is 20.7 Å². The molecule has 1 nitrogen and oxygen atoms in total. The predicted octanol–water partition coefficient (Wildman–Crippen LogP) is 3.50. The van der Waals surface area contributed by atoms with Crippen LogP contribution in [-0.4, -0.2) is 17.5 Å². The number of hydrogen-bond donors (Lipinski definition) is 1. The van der Waals surface area contributed by atoms with E-state index < -0.39 is 9.06 Å². The van der Waals surface area contributed by atoms with E-state index in [1.807, 2.05) is 18.2 Å². The van der Waals surface area contributed by atoms with Crippen molar-refractivity contribution >= 4 is 31.6 Å². The average Bonchev–Trinajstić information content (AvgIpc) is 2.16. The fraction of sp³-hybridized carbons (Fsp3) is 0.182. The fourth-order valence-corrected chi connectivity index (χ4v) is 2.35. The topological polar surface area (TPSA) is 12.9 Å². The molecule has 0 saturated heterocycles. The van der Waals surface area contributed by atoms with E-state index in [0.29, 0.717) is 0 Å². The molecule has 2 aromatic rings. The van der Waals surface area contributed by atoms with Gasteiger partial charge in [-0.05, 0) is 24.6 Å². The minimum Gasteiger partial charge on any atom is -0.242 e. The monoisotopic (exact) mass is 223 g/mol. The van der Waals surface area contributed by atoms with Gasteiger partial charge in [-0.3, -0.25) is 0 Å². The second-order valence-electron chi connectivity index (χ2n) is 3.62.